The largest absolute Gasteiger partial charge is 0.480 e. The zero-order chi connectivity index (χ0) is 12.3. The normalized spacial score (nSPS) is 24.4. The topological polar surface area (TPSA) is 78.9 Å². The van der Waals surface area contributed by atoms with Gasteiger partial charge in [-0.15, -0.1) is 0 Å². The molecule has 0 radical (unpaired) electrons. The minimum absolute atomic E-state index is 0.154. The van der Waals surface area contributed by atoms with Gasteiger partial charge in [-0.05, 0) is 18.8 Å². The second kappa shape index (κ2) is 5.46. The fourth-order valence-corrected chi connectivity index (χ4v) is 1.95. The van der Waals surface area contributed by atoms with Gasteiger partial charge in [0.15, 0.2) is 0 Å². The van der Waals surface area contributed by atoms with Crippen molar-refractivity contribution >= 4 is 11.9 Å². The van der Waals surface area contributed by atoms with Gasteiger partial charge in [-0.1, -0.05) is 0 Å². The van der Waals surface area contributed by atoms with Crippen molar-refractivity contribution in [1.82, 2.24) is 10.2 Å². The van der Waals surface area contributed by atoms with Gasteiger partial charge in [-0.2, -0.15) is 0 Å². The molecule has 1 saturated carbocycles. The molecule has 6 nitrogen and oxygen atoms in total. The summed E-state index contributed by atoms with van der Waals surface area (Å²) in [5.41, 5.74) is 0. The number of nitrogens with zero attached hydrogens (tertiary/aromatic N) is 1. The van der Waals surface area contributed by atoms with Crippen LogP contribution in [0.4, 0.5) is 0 Å². The van der Waals surface area contributed by atoms with Crippen molar-refractivity contribution in [2.24, 2.45) is 5.92 Å². The van der Waals surface area contributed by atoms with Crippen LogP contribution < -0.4 is 5.32 Å². The summed E-state index contributed by atoms with van der Waals surface area (Å²) in [4.78, 5) is 24.3. The molecule has 6 heteroatoms. The molecule has 2 fully saturated rings. The highest BCUT2D eigenvalue weighted by Crippen LogP contribution is 2.29. The summed E-state index contributed by atoms with van der Waals surface area (Å²) in [6.07, 6.45) is 2.19. The second-order valence-corrected chi connectivity index (χ2v) is 4.64. The Bertz CT molecular complexity index is 298. The van der Waals surface area contributed by atoms with Crippen LogP contribution in [0.15, 0.2) is 0 Å². The van der Waals surface area contributed by atoms with E-state index in [1.807, 2.05) is 0 Å². The van der Waals surface area contributed by atoms with Crippen LogP contribution in [-0.2, 0) is 14.3 Å². The third-order valence-corrected chi connectivity index (χ3v) is 3.03. The van der Waals surface area contributed by atoms with Crippen molar-refractivity contribution in [3.05, 3.63) is 0 Å². The molecule has 1 unspecified atom stereocenters. The molecule has 0 aromatic carbocycles. The fraction of sp³-hybridized carbons (Fsp3) is 0.818. The van der Waals surface area contributed by atoms with Gasteiger partial charge in [0.05, 0.1) is 13.2 Å². The monoisotopic (exact) mass is 242 g/mol. The zero-order valence-electron chi connectivity index (χ0n) is 9.72. The van der Waals surface area contributed by atoms with Crippen molar-refractivity contribution in [2.45, 2.75) is 18.9 Å². The lowest BCUT2D eigenvalue weighted by Crippen LogP contribution is -2.53. The summed E-state index contributed by atoms with van der Waals surface area (Å²) in [5, 5.41) is 11.9. The molecule has 1 amide bonds. The number of hydrogen-bond acceptors (Lipinski definition) is 4. The van der Waals surface area contributed by atoms with Crippen LogP contribution in [0.25, 0.3) is 0 Å². The van der Waals surface area contributed by atoms with Crippen LogP contribution >= 0.6 is 0 Å². The smallest absolute Gasteiger partial charge is 0.323 e. The number of nitrogens with one attached hydrogen (secondary N) is 1. The molecule has 1 atom stereocenters. The van der Waals surface area contributed by atoms with E-state index < -0.39 is 5.97 Å². The quantitative estimate of drug-likeness (QED) is 0.666. The maximum Gasteiger partial charge on any atom is 0.323 e. The summed E-state index contributed by atoms with van der Waals surface area (Å²) in [5.74, 6) is -0.627. The van der Waals surface area contributed by atoms with Crippen LogP contribution in [-0.4, -0.2) is 60.8 Å². The van der Waals surface area contributed by atoms with Gasteiger partial charge >= 0.3 is 5.97 Å². The van der Waals surface area contributed by atoms with Crippen LogP contribution in [0, 0.1) is 5.92 Å². The lowest BCUT2D eigenvalue weighted by atomic mass is 10.2. The Morgan fingerprint density at radius 3 is 2.71 bits per heavy atom. The van der Waals surface area contributed by atoms with E-state index in [0.717, 1.165) is 12.8 Å². The van der Waals surface area contributed by atoms with Gasteiger partial charge in [-0.3, -0.25) is 9.59 Å². The van der Waals surface area contributed by atoms with E-state index in [1.54, 1.807) is 0 Å². The molecule has 1 aliphatic heterocycles. The first-order valence-corrected chi connectivity index (χ1v) is 5.98. The van der Waals surface area contributed by atoms with E-state index in [9.17, 15) is 9.59 Å². The number of hydrogen-bond donors (Lipinski definition) is 2. The molecular weight excluding hydrogens is 224 g/mol. The van der Waals surface area contributed by atoms with Crippen molar-refractivity contribution in [1.29, 1.82) is 0 Å². The average Bonchev–Trinajstić information content (AvgIpc) is 3.12. The van der Waals surface area contributed by atoms with Gasteiger partial charge in [-0.25, -0.2) is 0 Å². The zero-order valence-corrected chi connectivity index (χ0v) is 9.72. The van der Waals surface area contributed by atoms with E-state index in [0.29, 0.717) is 32.2 Å². The van der Waals surface area contributed by atoms with E-state index in [1.165, 1.54) is 4.90 Å². The first kappa shape index (κ1) is 12.3. The van der Waals surface area contributed by atoms with Crippen molar-refractivity contribution in [2.75, 3.05) is 32.8 Å². The SMILES string of the molecule is O=C(O)CN(CC1CC1)C(=O)C1COCCN1. The molecule has 96 valence electrons. The highest BCUT2D eigenvalue weighted by molar-refractivity contribution is 5.85. The Labute approximate surface area is 99.9 Å². The molecule has 1 heterocycles. The van der Waals surface area contributed by atoms with Gasteiger partial charge in [0.25, 0.3) is 0 Å². The predicted octanol–water partition coefficient (Wildman–Crippen LogP) is -0.702. The molecule has 1 saturated heterocycles. The van der Waals surface area contributed by atoms with Gasteiger partial charge in [0, 0.05) is 13.1 Å². The van der Waals surface area contributed by atoms with Crippen LogP contribution in [0.3, 0.4) is 0 Å². The van der Waals surface area contributed by atoms with Crippen LogP contribution in [0.5, 0.6) is 0 Å². The van der Waals surface area contributed by atoms with Gasteiger partial charge < -0.3 is 20.1 Å². The molecule has 2 rings (SSSR count). The van der Waals surface area contributed by atoms with E-state index >= 15 is 0 Å². The number of morpholine rings is 1. The van der Waals surface area contributed by atoms with Gasteiger partial charge in [0.1, 0.15) is 12.6 Å². The van der Waals surface area contributed by atoms with Crippen molar-refractivity contribution in [3.8, 4) is 0 Å². The van der Waals surface area contributed by atoms with Crippen LogP contribution in [0.2, 0.25) is 0 Å². The Morgan fingerprint density at radius 2 is 2.18 bits per heavy atom. The highest BCUT2D eigenvalue weighted by atomic mass is 16.5. The Balaban J connectivity index is 1.91. The van der Waals surface area contributed by atoms with E-state index in [2.05, 4.69) is 5.32 Å². The maximum absolute atomic E-state index is 12.1. The molecule has 0 spiro atoms. The number of rotatable bonds is 5. The molecule has 17 heavy (non-hydrogen) atoms. The molecule has 0 bridgehead atoms. The number of carboxylic acid groups (broad SMARTS) is 1. The second-order valence-electron chi connectivity index (χ2n) is 4.64. The lowest BCUT2D eigenvalue weighted by molar-refractivity contribution is -0.146. The van der Waals surface area contributed by atoms with Crippen LogP contribution in [0.1, 0.15) is 12.8 Å². The number of amides is 1. The number of carbonyl (C=O) groups excluding carboxylic acids is 1. The first-order chi connectivity index (χ1) is 8.16. The number of ether oxygens (including phenoxy) is 1. The summed E-state index contributed by atoms with van der Waals surface area (Å²) in [7, 11) is 0. The molecule has 1 aliphatic carbocycles. The molecule has 0 aromatic rings. The number of aliphatic carboxylic acids is 1. The number of carboxylic acids is 1. The molecular formula is C11H18N2O4. The molecule has 2 N–H and O–H groups in total. The maximum atomic E-state index is 12.1. The number of carbonyl (C=O) groups is 2. The summed E-state index contributed by atoms with van der Waals surface area (Å²) in [6, 6.07) is -0.387. The standard InChI is InChI=1S/C11H18N2O4/c14-10(15)6-13(5-8-1-2-8)11(16)9-7-17-4-3-12-9/h8-9,12H,1-7H2,(H,14,15). The third-order valence-electron chi connectivity index (χ3n) is 3.03. The molecule has 2 aliphatic rings. The predicted molar refractivity (Wildman–Crippen MR) is 59.5 cm³/mol. The first-order valence-electron chi connectivity index (χ1n) is 5.98. The highest BCUT2D eigenvalue weighted by Gasteiger charge is 2.32. The third kappa shape index (κ3) is 3.67. The minimum Gasteiger partial charge on any atom is -0.480 e. The average molecular weight is 242 g/mol. The summed E-state index contributed by atoms with van der Waals surface area (Å²) in [6.45, 7) is 1.92. The van der Waals surface area contributed by atoms with Crippen molar-refractivity contribution in [3.63, 3.8) is 0 Å². The fourth-order valence-electron chi connectivity index (χ4n) is 1.95. The Hall–Kier alpha value is -1.14. The van der Waals surface area contributed by atoms with Crippen molar-refractivity contribution < 1.29 is 19.4 Å². The minimum atomic E-state index is -0.962. The Kier molecular flexibility index (Phi) is 3.96. The van der Waals surface area contributed by atoms with E-state index in [4.69, 9.17) is 9.84 Å². The molecule has 0 aromatic heterocycles. The van der Waals surface area contributed by atoms with E-state index in [-0.39, 0.29) is 18.5 Å². The summed E-state index contributed by atoms with van der Waals surface area (Å²) < 4.78 is 5.22. The Morgan fingerprint density at radius 1 is 1.41 bits per heavy atom. The summed E-state index contributed by atoms with van der Waals surface area (Å²) >= 11 is 0. The lowest BCUT2D eigenvalue weighted by Gasteiger charge is -2.29. The van der Waals surface area contributed by atoms with Gasteiger partial charge in [0.2, 0.25) is 5.91 Å².